The van der Waals surface area contributed by atoms with Gasteiger partial charge in [-0.05, 0) is 18.7 Å². The van der Waals surface area contributed by atoms with Gasteiger partial charge in [-0.3, -0.25) is 0 Å². The maximum Gasteiger partial charge on any atom is 0.0545 e. The highest BCUT2D eigenvalue weighted by Crippen LogP contribution is 2.38. The first-order chi connectivity index (χ1) is 6.94. The summed E-state index contributed by atoms with van der Waals surface area (Å²) in [4.78, 5) is 1.20. The SMILES string of the molecule is CNCc1cccc(Cl)c1SC(C)(C)C. The van der Waals surface area contributed by atoms with Crippen LogP contribution in [0.2, 0.25) is 5.02 Å². The molecule has 0 aliphatic rings. The van der Waals surface area contributed by atoms with Crippen LogP contribution < -0.4 is 5.32 Å². The summed E-state index contributed by atoms with van der Waals surface area (Å²) in [7, 11) is 1.95. The molecule has 0 fully saturated rings. The molecule has 84 valence electrons. The van der Waals surface area contributed by atoms with Crippen LogP contribution in [-0.4, -0.2) is 11.8 Å². The van der Waals surface area contributed by atoms with E-state index in [1.165, 1.54) is 10.5 Å². The molecule has 0 bridgehead atoms. The van der Waals surface area contributed by atoms with Gasteiger partial charge in [-0.1, -0.05) is 44.5 Å². The second kappa shape index (κ2) is 5.24. The van der Waals surface area contributed by atoms with Crippen molar-refractivity contribution in [2.75, 3.05) is 7.05 Å². The monoisotopic (exact) mass is 243 g/mol. The van der Waals surface area contributed by atoms with E-state index in [4.69, 9.17) is 11.6 Å². The van der Waals surface area contributed by atoms with Crippen LogP contribution in [0.15, 0.2) is 23.1 Å². The maximum atomic E-state index is 6.22. The standard InChI is InChI=1S/C12H18ClNS/c1-12(2,3)15-11-9(8-14-4)6-5-7-10(11)13/h5-7,14H,8H2,1-4H3. The first-order valence-corrected chi connectivity index (χ1v) is 6.24. The summed E-state index contributed by atoms with van der Waals surface area (Å²) in [6, 6.07) is 6.08. The minimum atomic E-state index is 0.188. The van der Waals surface area contributed by atoms with Crippen LogP contribution in [0.4, 0.5) is 0 Å². The highest BCUT2D eigenvalue weighted by molar-refractivity contribution is 8.00. The molecular formula is C12H18ClNS. The molecule has 1 N–H and O–H groups in total. The van der Waals surface area contributed by atoms with Crippen molar-refractivity contribution in [2.45, 2.75) is 37.0 Å². The Morgan fingerprint density at radius 1 is 1.33 bits per heavy atom. The third-order valence-corrected chi connectivity index (χ3v) is 3.55. The van der Waals surface area contributed by atoms with Crippen molar-refractivity contribution in [1.29, 1.82) is 0 Å². The lowest BCUT2D eigenvalue weighted by Crippen LogP contribution is -2.11. The van der Waals surface area contributed by atoms with E-state index in [-0.39, 0.29) is 4.75 Å². The molecule has 0 spiro atoms. The van der Waals surface area contributed by atoms with Gasteiger partial charge >= 0.3 is 0 Å². The largest absolute Gasteiger partial charge is 0.316 e. The molecular weight excluding hydrogens is 226 g/mol. The van der Waals surface area contributed by atoms with Gasteiger partial charge in [0.25, 0.3) is 0 Å². The number of nitrogens with one attached hydrogen (secondary N) is 1. The molecule has 0 saturated carbocycles. The number of hydrogen-bond acceptors (Lipinski definition) is 2. The second-order valence-electron chi connectivity index (χ2n) is 4.47. The summed E-state index contributed by atoms with van der Waals surface area (Å²) >= 11 is 8.04. The van der Waals surface area contributed by atoms with Crippen LogP contribution in [0.3, 0.4) is 0 Å². The van der Waals surface area contributed by atoms with Crippen molar-refractivity contribution in [3.05, 3.63) is 28.8 Å². The number of thioether (sulfide) groups is 1. The predicted octanol–water partition coefficient (Wildman–Crippen LogP) is 3.95. The molecule has 0 amide bonds. The van der Waals surface area contributed by atoms with Crippen LogP contribution >= 0.6 is 23.4 Å². The predicted molar refractivity (Wildman–Crippen MR) is 69.8 cm³/mol. The molecule has 1 rings (SSSR count). The van der Waals surface area contributed by atoms with Crippen molar-refractivity contribution >= 4 is 23.4 Å². The normalized spacial score (nSPS) is 11.8. The average molecular weight is 244 g/mol. The topological polar surface area (TPSA) is 12.0 Å². The summed E-state index contributed by atoms with van der Waals surface area (Å²) < 4.78 is 0.188. The third-order valence-electron chi connectivity index (χ3n) is 1.82. The Hall–Kier alpha value is -0.180. The Kier molecular flexibility index (Phi) is 4.50. The van der Waals surface area contributed by atoms with Crippen molar-refractivity contribution in [1.82, 2.24) is 5.32 Å². The van der Waals surface area contributed by atoms with E-state index in [0.29, 0.717) is 0 Å². The van der Waals surface area contributed by atoms with Crippen LogP contribution in [0.1, 0.15) is 26.3 Å². The third kappa shape index (κ3) is 4.06. The second-order valence-corrected chi connectivity index (χ2v) is 6.72. The molecule has 3 heteroatoms. The van der Waals surface area contributed by atoms with Gasteiger partial charge in [0.1, 0.15) is 0 Å². The number of benzene rings is 1. The van der Waals surface area contributed by atoms with E-state index in [1.807, 2.05) is 30.9 Å². The van der Waals surface area contributed by atoms with Gasteiger partial charge in [-0.25, -0.2) is 0 Å². The summed E-state index contributed by atoms with van der Waals surface area (Å²) in [6.45, 7) is 7.46. The van der Waals surface area contributed by atoms with E-state index in [9.17, 15) is 0 Å². The van der Waals surface area contributed by atoms with E-state index >= 15 is 0 Å². The van der Waals surface area contributed by atoms with Gasteiger partial charge in [-0.2, -0.15) is 0 Å². The van der Waals surface area contributed by atoms with E-state index in [1.54, 1.807) is 0 Å². The maximum absolute atomic E-state index is 6.22. The molecule has 0 heterocycles. The Labute approximate surface area is 102 Å². The number of hydrogen-bond donors (Lipinski definition) is 1. The molecule has 0 aromatic heterocycles. The van der Waals surface area contributed by atoms with Crippen molar-refractivity contribution in [3.63, 3.8) is 0 Å². The quantitative estimate of drug-likeness (QED) is 0.807. The van der Waals surface area contributed by atoms with Gasteiger partial charge in [0.15, 0.2) is 0 Å². The Morgan fingerprint density at radius 2 is 2.00 bits per heavy atom. The summed E-state index contributed by atoms with van der Waals surface area (Å²) in [5, 5.41) is 4.02. The lowest BCUT2D eigenvalue weighted by Gasteiger charge is -2.20. The Balaban J connectivity index is 3.02. The highest BCUT2D eigenvalue weighted by Gasteiger charge is 2.16. The van der Waals surface area contributed by atoms with Gasteiger partial charge < -0.3 is 5.32 Å². The fraction of sp³-hybridized carbons (Fsp3) is 0.500. The lowest BCUT2D eigenvalue weighted by atomic mass is 10.2. The van der Waals surface area contributed by atoms with Gasteiger partial charge in [0.05, 0.1) is 5.02 Å². The fourth-order valence-corrected chi connectivity index (χ4v) is 2.66. The summed E-state index contributed by atoms with van der Waals surface area (Å²) in [5.41, 5.74) is 1.27. The molecule has 0 aliphatic heterocycles. The number of rotatable bonds is 3. The Morgan fingerprint density at radius 3 is 2.53 bits per heavy atom. The van der Waals surface area contributed by atoms with Crippen LogP contribution in [0.5, 0.6) is 0 Å². The van der Waals surface area contributed by atoms with Gasteiger partial charge in [-0.15, -0.1) is 11.8 Å². The van der Waals surface area contributed by atoms with Crippen LogP contribution in [0, 0.1) is 0 Å². The smallest absolute Gasteiger partial charge is 0.0545 e. The summed E-state index contributed by atoms with van der Waals surface area (Å²) in [5.74, 6) is 0. The zero-order chi connectivity index (χ0) is 11.5. The number of halogens is 1. The van der Waals surface area contributed by atoms with Crippen molar-refractivity contribution in [3.8, 4) is 0 Å². The molecule has 15 heavy (non-hydrogen) atoms. The molecule has 0 aliphatic carbocycles. The molecule has 1 aromatic rings. The van der Waals surface area contributed by atoms with Crippen molar-refractivity contribution < 1.29 is 0 Å². The minimum absolute atomic E-state index is 0.188. The summed E-state index contributed by atoms with van der Waals surface area (Å²) in [6.07, 6.45) is 0. The first kappa shape index (κ1) is 12.9. The lowest BCUT2D eigenvalue weighted by molar-refractivity contribution is 0.786. The van der Waals surface area contributed by atoms with E-state index in [0.717, 1.165) is 11.6 Å². The first-order valence-electron chi connectivity index (χ1n) is 5.05. The van der Waals surface area contributed by atoms with Crippen LogP contribution in [0.25, 0.3) is 0 Å². The van der Waals surface area contributed by atoms with Crippen molar-refractivity contribution in [2.24, 2.45) is 0 Å². The Bertz CT molecular complexity index is 331. The van der Waals surface area contributed by atoms with Gasteiger partial charge in [0, 0.05) is 16.2 Å². The molecule has 0 atom stereocenters. The molecule has 0 unspecified atom stereocenters. The zero-order valence-corrected chi connectivity index (χ0v) is 11.3. The highest BCUT2D eigenvalue weighted by atomic mass is 35.5. The fourth-order valence-electron chi connectivity index (χ4n) is 1.30. The van der Waals surface area contributed by atoms with Gasteiger partial charge in [0.2, 0.25) is 0 Å². The molecule has 1 aromatic carbocycles. The van der Waals surface area contributed by atoms with E-state index < -0.39 is 0 Å². The zero-order valence-electron chi connectivity index (χ0n) is 9.73. The molecule has 0 saturated heterocycles. The van der Waals surface area contributed by atoms with Crippen LogP contribution in [-0.2, 0) is 6.54 Å². The average Bonchev–Trinajstić information content (AvgIpc) is 2.10. The minimum Gasteiger partial charge on any atom is -0.316 e. The molecule has 0 radical (unpaired) electrons. The molecule has 1 nitrogen and oxygen atoms in total. The van der Waals surface area contributed by atoms with E-state index in [2.05, 4.69) is 32.2 Å².